The molecule has 0 N–H and O–H groups in total. The van der Waals surface area contributed by atoms with Crippen LogP contribution in [0, 0.1) is 22.9 Å². The van der Waals surface area contributed by atoms with E-state index in [2.05, 4.69) is 17.5 Å². The van der Waals surface area contributed by atoms with Gasteiger partial charge in [-0.2, -0.15) is 0 Å². The van der Waals surface area contributed by atoms with Crippen LogP contribution in [-0.2, 0) is 13.0 Å². The first kappa shape index (κ1) is 14.8. The number of benzene rings is 2. The molecule has 0 saturated heterocycles. The van der Waals surface area contributed by atoms with Gasteiger partial charge in [0.15, 0.2) is 0 Å². The van der Waals surface area contributed by atoms with Crippen molar-refractivity contribution >= 4 is 24.0 Å². The zero-order valence-corrected chi connectivity index (χ0v) is 12.9. The minimum atomic E-state index is -0.394. The molecule has 3 rings (SSSR count). The van der Waals surface area contributed by atoms with Crippen molar-refractivity contribution < 1.29 is 9.31 Å². The van der Waals surface area contributed by atoms with Crippen LogP contribution in [0.25, 0.3) is 0 Å². The number of thiol groups is 1. The van der Waals surface area contributed by atoms with Crippen LogP contribution in [0.15, 0.2) is 35.2 Å². The molecule has 0 aromatic heterocycles. The molecule has 114 valence electrons. The van der Waals surface area contributed by atoms with E-state index in [1.807, 2.05) is 6.07 Å². The highest BCUT2D eigenvalue weighted by atomic mass is 32.1. The molecule has 2 aromatic carbocycles. The molecule has 0 unspecified atom stereocenters. The van der Waals surface area contributed by atoms with Crippen LogP contribution in [0.2, 0.25) is 0 Å². The van der Waals surface area contributed by atoms with E-state index < -0.39 is 4.92 Å². The molecule has 0 atom stereocenters. The van der Waals surface area contributed by atoms with Crippen molar-refractivity contribution in [2.24, 2.45) is 0 Å². The van der Waals surface area contributed by atoms with Gasteiger partial charge in [0.2, 0.25) is 0 Å². The first-order valence-corrected chi connectivity index (χ1v) is 7.41. The Labute approximate surface area is 133 Å². The molecule has 4 nitrogen and oxygen atoms in total. The van der Waals surface area contributed by atoms with Gasteiger partial charge in [-0.05, 0) is 48.7 Å². The predicted octanol–water partition coefficient (Wildman–Crippen LogP) is 3.89. The van der Waals surface area contributed by atoms with Crippen molar-refractivity contribution in [3.63, 3.8) is 0 Å². The zero-order chi connectivity index (χ0) is 15.9. The third kappa shape index (κ3) is 2.54. The average Bonchev–Trinajstić information content (AvgIpc) is 2.46. The largest absolute Gasteiger partial charge is 0.366 e. The number of rotatable bonds is 2. The van der Waals surface area contributed by atoms with Gasteiger partial charge >= 0.3 is 0 Å². The molecule has 1 heterocycles. The van der Waals surface area contributed by atoms with E-state index in [0.717, 1.165) is 23.2 Å². The SMILES string of the molecule is Cc1c(N2CCc3cc(F)ccc3C2)ccc(S)c1[N+](=O)[O-]. The van der Waals surface area contributed by atoms with Gasteiger partial charge in [-0.15, -0.1) is 12.6 Å². The molecular formula is C16H15FN2O2S. The van der Waals surface area contributed by atoms with Gasteiger partial charge < -0.3 is 4.90 Å². The second-order valence-electron chi connectivity index (χ2n) is 5.42. The van der Waals surface area contributed by atoms with Crippen LogP contribution < -0.4 is 4.90 Å². The maximum atomic E-state index is 13.3. The quantitative estimate of drug-likeness (QED) is 0.519. The number of halogens is 1. The van der Waals surface area contributed by atoms with E-state index in [0.29, 0.717) is 23.5 Å². The van der Waals surface area contributed by atoms with E-state index in [4.69, 9.17) is 0 Å². The summed E-state index contributed by atoms with van der Waals surface area (Å²) in [6.45, 7) is 3.08. The number of hydrogen-bond donors (Lipinski definition) is 1. The number of anilines is 1. The van der Waals surface area contributed by atoms with Gasteiger partial charge in [-0.25, -0.2) is 4.39 Å². The van der Waals surface area contributed by atoms with Crippen LogP contribution in [0.4, 0.5) is 15.8 Å². The molecule has 1 aliphatic rings. The number of nitrogens with zero attached hydrogens (tertiary/aromatic N) is 2. The Hall–Kier alpha value is -2.08. The van der Waals surface area contributed by atoms with Gasteiger partial charge in [-0.1, -0.05) is 6.07 Å². The fourth-order valence-corrected chi connectivity index (χ4v) is 3.30. The van der Waals surface area contributed by atoms with Crippen LogP contribution >= 0.6 is 12.6 Å². The predicted molar refractivity (Wildman–Crippen MR) is 86.2 cm³/mol. The van der Waals surface area contributed by atoms with E-state index >= 15 is 0 Å². The molecule has 1 aliphatic heterocycles. The fraction of sp³-hybridized carbons (Fsp3) is 0.250. The lowest BCUT2D eigenvalue weighted by Crippen LogP contribution is -2.31. The smallest absolute Gasteiger partial charge is 0.287 e. The van der Waals surface area contributed by atoms with Crippen LogP contribution in [0.5, 0.6) is 0 Å². The molecule has 2 aromatic rings. The maximum Gasteiger partial charge on any atom is 0.287 e. The van der Waals surface area contributed by atoms with Crippen molar-refractivity contribution in [2.45, 2.75) is 24.8 Å². The van der Waals surface area contributed by atoms with Gasteiger partial charge in [-0.3, -0.25) is 10.1 Å². The summed E-state index contributed by atoms with van der Waals surface area (Å²) in [5, 5.41) is 11.2. The van der Waals surface area contributed by atoms with Gasteiger partial charge in [0, 0.05) is 18.8 Å². The first-order valence-electron chi connectivity index (χ1n) is 6.96. The number of hydrogen-bond acceptors (Lipinski definition) is 4. The summed E-state index contributed by atoms with van der Waals surface area (Å²) in [6.07, 6.45) is 0.725. The van der Waals surface area contributed by atoms with Crippen LogP contribution in [-0.4, -0.2) is 11.5 Å². The lowest BCUT2D eigenvalue weighted by molar-refractivity contribution is -0.388. The third-order valence-corrected chi connectivity index (χ3v) is 4.45. The van der Waals surface area contributed by atoms with E-state index in [1.54, 1.807) is 25.1 Å². The topological polar surface area (TPSA) is 46.4 Å². The molecule has 0 radical (unpaired) electrons. The standard InChI is InChI=1S/C16H15FN2O2S/c1-10-14(4-5-15(22)16(10)19(20)21)18-7-6-11-8-13(17)3-2-12(11)9-18/h2-5,8,22H,6-7,9H2,1H3. The number of nitro benzene ring substituents is 1. The molecule has 22 heavy (non-hydrogen) atoms. The highest BCUT2D eigenvalue weighted by Crippen LogP contribution is 2.35. The summed E-state index contributed by atoms with van der Waals surface area (Å²) in [5.74, 6) is -0.224. The van der Waals surface area contributed by atoms with Gasteiger partial charge in [0.1, 0.15) is 5.82 Å². The molecule has 0 aliphatic carbocycles. The highest BCUT2D eigenvalue weighted by Gasteiger charge is 2.24. The Morgan fingerprint density at radius 1 is 1.27 bits per heavy atom. The molecule has 6 heteroatoms. The summed E-state index contributed by atoms with van der Waals surface area (Å²) >= 11 is 4.17. The molecule has 0 saturated carbocycles. The van der Waals surface area contributed by atoms with E-state index in [9.17, 15) is 14.5 Å². The molecular weight excluding hydrogens is 303 g/mol. The van der Waals surface area contributed by atoms with Crippen molar-refractivity contribution in [3.05, 3.63) is 63.0 Å². The number of fused-ring (bicyclic) bond motifs is 1. The minimum absolute atomic E-state index is 0.0470. The van der Waals surface area contributed by atoms with E-state index in [-0.39, 0.29) is 11.5 Å². The van der Waals surface area contributed by atoms with Crippen molar-refractivity contribution in [1.82, 2.24) is 0 Å². The maximum absolute atomic E-state index is 13.3. The van der Waals surface area contributed by atoms with E-state index in [1.165, 1.54) is 6.07 Å². The summed E-state index contributed by atoms with van der Waals surface area (Å²) in [7, 11) is 0. The summed E-state index contributed by atoms with van der Waals surface area (Å²) in [4.78, 5) is 13.3. The third-order valence-electron chi connectivity index (χ3n) is 4.08. The van der Waals surface area contributed by atoms with Gasteiger partial charge in [0.25, 0.3) is 5.69 Å². The second-order valence-corrected chi connectivity index (χ2v) is 5.90. The number of nitro groups is 1. The Morgan fingerprint density at radius 3 is 2.77 bits per heavy atom. The molecule has 0 spiro atoms. The van der Waals surface area contributed by atoms with Crippen LogP contribution in [0.3, 0.4) is 0 Å². The van der Waals surface area contributed by atoms with Gasteiger partial charge in [0.05, 0.1) is 15.4 Å². The van der Waals surface area contributed by atoms with Crippen molar-refractivity contribution in [1.29, 1.82) is 0 Å². The summed E-state index contributed by atoms with van der Waals surface area (Å²) < 4.78 is 13.3. The Kier molecular flexibility index (Phi) is 3.78. The molecule has 0 amide bonds. The Balaban J connectivity index is 1.98. The summed E-state index contributed by atoms with van der Waals surface area (Å²) in [6, 6.07) is 8.32. The Bertz CT molecular complexity index is 764. The van der Waals surface area contributed by atoms with Crippen LogP contribution in [0.1, 0.15) is 16.7 Å². The van der Waals surface area contributed by atoms with Crippen molar-refractivity contribution in [2.75, 3.05) is 11.4 Å². The minimum Gasteiger partial charge on any atom is -0.366 e. The fourth-order valence-electron chi connectivity index (χ4n) is 2.98. The Morgan fingerprint density at radius 2 is 2.05 bits per heavy atom. The highest BCUT2D eigenvalue weighted by molar-refractivity contribution is 7.80. The normalized spacial score (nSPS) is 13.9. The monoisotopic (exact) mass is 318 g/mol. The van der Waals surface area contributed by atoms with Crippen molar-refractivity contribution in [3.8, 4) is 0 Å². The first-order chi connectivity index (χ1) is 10.5. The molecule has 0 bridgehead atoms. The lowest BCUT2D eigenvalue weighted by atomic mass is 9.98. The molecule has 0 fully saturated rings. The average molecular weight is 318 g/mol. The summed E-state index contributed by atoms with van der Waals surface area (Å²) in [5.41, 5.74) is 3.56. The lowest BCUT2D eigenvalue weighted by Gasteiger charge is -2.31. The zero-order valence-electron chi connectivity index (χ0n) is 12.0. The second kappa shape index (κ2) is 5.61.